The Kier molecular flexibility index (Phi) is 6.02. The summed E-state index contributed by atoms with van der Waals surface area (Å²) in [5, 5.41) is 0.893. The van der Waals surface area contributed by atoms with E-state index in [2.05, 4.69) is 23.8 Å². The maximum absolute atomic E-state index is 13.5. The van der Waals surface area contributed by atoms with Gasteiger partial charge < -0.3 is 4.90 Å². The van der Waals surface area contributed by atoms with Gasteiger partial charge in [0.2, 0.25) is 0 Å². The lowest BCUT2D eigenvalue weighted by Crippen LogP contribution is -2.38. The van der Waals surface area contributed by atoms with Crippen molar-refractivity contribution in [3.63, 3.8) is 0 Å². The first-order valence-corrected chi connectivity index (χ1v) is 9.96. The molecule has 28 heavy (non-hydrogen) atoms. The number of aryl methyl sites for hydroxylation is 2. The van der Waals surface area contributed by atoms with Gasteiger partial charge in [0, 0.05) is 35.9 Å². The molecule has 0 bridgehead atoms. The van der Waals surface area contributed by atoms with Gasteiger partial charge >= 0.3 is 0 Å². The lowest BCUT2D eigenvalue weighted by Gasteiger charge is -2.28. The number of para-hydroxylation sites is 1. The van der Waals surface area contributed by atoms with Crippen LogP contribution in [-0.2, 0) is 0 Å². The number of nitrogens with zero attached hydrogens (tertiary/aromatic N) is 4. The van der Waals surface area contributed by atoms with E-state index in [1.54, 1.807) is 12.4 Å². The van der Waals surface area contributed by atoms with Gasteiger partial charge in [0.25, 0.3) is 5.91 Å². The molecule has 3 aromatic rings. The predicted octanol–water partition coefficient (Wildman–Crippen LogP) is 4.96. The van der Waals surface area contributed by atoms with Crippen molar-refractivity contribution in [1.82, 2.24) is 19.9 Å². The molecule has 5 nitrogen and oxygen atoms in total. The Morgan fingerprint density at radius 1 is 1.14 bits per heavy atom. The SMILES string of the molecule is CCCC(C)N(CC)C(=O)c1cc(-c2cnc(C)nc2)nc2c(C)cccc12. The third kappa shape index (κ3) is 3.88. The molecule has 146 valence electrons. The molecule has 0 aliphatic carbocycles. The first kappa shape index (κ1) is 19.9. The molecule has 1 unspecified atom stereocenters. The van der Waals surface area contributed by atoms with Crippen molar-refractivity contribution in [2.24, 2.45) is 0 Å². The molecule has 2 heterocycles. The number of pyridine rings is 1. The quantitative estimate of drug-likeness (QED) is 0.610. The van der Waals surface area contributed by atoms with Gasteiger partial charge in [0.05, 0.1) is 16.8 Å². The standard InChI is InChI=1S/C23H28N4O/c1-6-9-16(4)27(7-2)23(28)20-12-21(18-13-24-17(5)25-14-18)26-22-15(3)10-8-11-19(20)22/h8,10-14,16H,6-7,9H2,1-5H3. The molecule has 0 fully saturated rings. The zero-order valence-corrected chi connectivity index (χ0v) is 17.4. The molecule has 0 saturated carbocycles. The van der Waals surface area contributed by atoms with E-state index in [1.807, 2.05) is 49.9 Å². The third-order valence-electron chi connectivity index (χ3n) is 5.19. The molecule has 0 aliphatic heterocycles. The summed E-state index contributed by atoms with van der Waals surface area (Å²) in [6.07, 6.45) is 5.56. The van der Waals surface area contributed by atoms with Crippen molar-refractivity contribution in [3.05, 3.63) is 53.6 Å². The van der Waals surface area contributed by atoms with Gasteiger partial charge in [-0.15, -0.1) is 0 Å². The Morgan fingerprint density at radius 3 is 2.50 bits per heavy atom. The van der Waals surface area contributed by atoms with Crippen LogP contribution in [-0.4, -0.2) is 38.3 Å². The molecule has 1 amide bonds. The highest BCUT2D eigenvalue weighted by Gasteiger charge is 2.23. The Hall–Kier alpha value is -2.82. The number of carbonyl (C=O) groups is 1. The van der Waals surface area contributed by atoms with Crippen LogP contribution in [0.5, 0.6) is 0 Å². The van der Waals surface area contributed by atoms with Crippen LogP contribution >= 0.6 is 0 Å². The zero-order chi connectivity index (χ0) is 20.3. The number of carbonyl (C=O) groups excluding carboxylic acids is 1. The Bertz CT molecular complexity index is 982. The summed E-state index contributed by atoms with van der Waals surface area (Å²) in [6, 6.07) is 8.07. The normalized spacial score (nSPS) is 12.2. The largest absolute Gasteiger partial charge is 0.336 e. The summed E-state index contributed by atoms with van der Waals surface area (Å²) < 4.78 is 0. The van der Waals surface area contributed by atoms with E-state index in [4.69, 9.17) is 4.98 Å². The molecule has 0 spiro atoms. The highest BCUT2D eigenvalue weighted by Crippen LogP contribution is 2.28. The summed E-state index contributed by atoms with van der Waals surface area (Å²) >= 11 is 0. The van der Waals surface area contributed by atoms with E-state index in [1.165, 1.54) is 0 Å². The minimum Gasteiger partial charge on any atom is -0.336 e. The first-order chi connectivity index (χ1) is 13.5. The van der Waals surface area contributed by atoms with Gasteiger partial charge in [0.1, 0.15) is 5.82 Å². The number of aromatic nitrogens is 3. The molecule has 1 aromatic carbocycles. The van der Waals surface area contributed by atoms with Crippen molar-refractivity contribution in [1.29, 1.82) is 0 Å². The van der Waals surface area contributed by atoms with Gasteiger partial charge in [0.15, 0.2) is 0 Å². The maximum atomic E-state index is 13.5. The van der Waals surface area contributed by atoms with Gasteiger partial charge in [-0.1, -0.05) is 31.5 Å². The van der Waals surface area contributed by atoms with E-state index >= 15 is 0 Å². The number of amides is 1. The number of fused-ring (bicyclic) bond motifs is 1. The topological polar surface area (TPSA) is 59.0 Å². The Balaban J connectivity index is 2.18. The van der Waals surface area contributed by atoms with Crippen molar-refractivity contribution in [3.8, 4) is 11.3 Å². The lowest BCUT2D eigenvalue weighted by atomic mass is 10.0. The highest BCUT2D eigenvalue weighted by molar-refractivity contribution is 6.07. The summed E-state index contributed by atoms with van der Waals surface area (Å²) in [5.41, 5.74) is 4.13. The predicted molar refractivity (Wildman–Crippen MR) is 113 cm³/mol. The molecule has 0 radical (unpaired) electrons. The monoisotopic (exact) mass is 376 g/mol. The van der Waals surface area contributed by atoms with Crippen molar-refractivity contribution in [2.45, 2.75) is 53.5 Å². The van der Waals surface area contributed by atoms with Crippen LogP contribution in [0.2, 0.25) is 0 Å². The minimum atomic E-state index is 0.0516. The molecule has 0 saturated heterocycles. The van der Waals surface area contributed by atoms with Crippen LogP contribution in [0.1, 0.15) is 55.4 Å². The van der Waals surface area contributed by atoms with Crippen molar-refractivity contribution >= 4 is 16.8 Å². The molecule has 3 rings (SSSR count). The van der Waals surface area contributed by atoms with Gasteiger partial charge in [-0.05, 0) is 45.7 Å². The number of hydrogen-bond acceptors (Lipinski definition) is 4. The van der Waals surface area contributed by atoms with Crippen LogP contribution < -0.4 is 0 Å². The van der Waals surface area contributed by atoms with E-state index in [9.17, 15) is 4.79 Å². The number of hydrogen-bond donors (Lipinski definition) is 0. The molecule has 1 atom stereocenters. The molecule has 2 aromatic heterocycles. The summed E-state index contributed by atoms with van der Waals surface area (Å²) in [6.45, 7) is 10.9. The molecular weight excluding hydrogens is 348 g/mol. The Labute approximate surface area is 166 Å². The van der Waals surface area contributed by atoms with Crippen LogP contribution in [0.25, 0.3) is 22.2 Å². The fourth-order valence-electron chi connectivity index (χ4n) is 3.63. The van der Waals surface area contributed by atoms with E-state index in [0.29, 0.717) is 17.9 Å². The summed E-state index contributed by atoms with van der Waals surface area (Å²) in [5.74, 6) is 0.762. The van der Waals surface area contributed by atoms with Crippen LogP contribution in [0.4, 0.5) is 0 Å². The minimum absolute atomic E-state index is 0.0516. The summed E-state index contributed by atoms with van der Waals surface area (Å²) in [7, 11) is 0. The zero-order valence-electron chi connectivity index (χ0n) is 17.4. The van der Waals surface area contributed by atoms with Crippen molar-refractivity contribution < 1.29 is 4.79 Å². The second kappa shape index (κ2) is 8.46. The van der Waals surface area contributed by atoms with E-state index in [0.717, 1.165) is 40.6 Å². The van der Waals surface area contributed by atoms with Crippen LogP contribution in [0.3, 0.4) is 0 Å². The van der Waals surface area contributed by atoms with Crippen molar-refractivity contribution in [2.75, 3.05) is 6.54 Å². The number of rotatable bonds is 6. The average molecular weight is 377 g/mol. The second-order valence-corrected chi connectivity index (χ2v) is 7.27. The van der Waals surface area contributed by atoms with Crippen LogP contribution in [0.15, 0.2) is 36.7 Å². The van der Waals surface area contributed by atoms with E-state index in [-0.39, 0.29) is 11.9 Å². The fraction of sp³-hybridized carbons (Fsp3) is 0.391. The Morgan fingerprint density at radius 2 is 1.86 bits per heavy atom. The molecule has 0 aliphatic rings. The molecule has 0 N–H and O–H groups in total. The smallest absolute Gasteiger partial charge is 0.254 e. The average Bonchev–Trinajstić information content (AvgIpc) is 2.69. The second-order valence-electron chi connectivity index (χ2n) is 7.27. The van der Waals surface area contributed by atoms with Gasteiger partial charge in [-0.25, -0.2) is 15.0 Å². The third-order valence-corrected chi connectivity index (χ3v) is 5.19. The van der Waals surface area contributed by atoms with Crippen LogP contribution in [0, 0.1) is 13.8 Å². The molecule has 5 heteroatoms. The van der Waals surface area contributed by atoms with E-state index < -0.39 is 0 Å². The van der Waals surface area contributed by atoms with Gasteiger partial charge in [-0.3, -0.25) is 4.79 Å². The maximum Gasteiger partial charge on any atom is 0.254 e. The lowest BCUT2D eigenvalue weighted by molar-refractivity contribution is 0.0697. The molecular formula is C23H28N4O. The summed E-state index contributed by atoms with van der Waals surface area (Å²) in [4.78, 5) is 28.9. The number of benzene rings is 1. The first-order valence-electron chi connectivity index (χ1n) is 9.96. The fourth-order valence-corrected chi connectivity index (χ4v) is 3.63. The highest BCUT2D eigenvalue weighted by atomic mass is 16.2. The van der Waals surface area contributed by atoms with Gasteiger partial charge in [-0.2, -0.15) is 0 Å².